The van der Waals surface area contributed by atoms with Gasteiger partial charge < -0.3 is 10.5 Å². The zero-order valence-electron chi connectivity index (χ0n) is 9.16. The minimum Gasteiger partial charge on any atom is -0.484 e. The quantitative estimate of drug-likeness (QED) is 0.930. The Balaban J connectivity index is 2.13. The number of halogens is 3. The molecule has 0 amide bonds. The van der Waals surface area contributed by atoms with Gasteiger partial charge in [0, 0.05) is 4.47 Å². The normalized spacial score (nSPS) is 10.4. The van der Waals surface area contributed by atoms with Gasteiger partial charge in [0.05, 0.1) is 10.7 Å². The number of aromatic nitrogens is 1. The maximum absolute atomic E-state index is 13.5. The fraction of sp³-hybridized carbons (Fsp3) is 0.0833. The van der Waals surface area contributed by atoms with Crippen LogP contribution in [0.1, 0.15) is 5.69 Å². The lowest BCUT2D eigenvalue weighted by Gasteiger charge is -2.08. The summed E-state index contributed by atoms with van der Waals surface area (Å²) in [6.45, 7) is 0.0580. The van der Waals surface area contributed by atoms with Crippen LogP contribution >= 0.6 is 27.5 Å². The lowest BCUT2D eigenvalue weighted by molar-refractivity contribution is 0.286. The third-order valence-electron chi connectivity index (χ3n) is 2.20. The number of pyridine rings is 1. The van der Waals surface area contributed by atoms with E-state index in [0.29, 0.717) is 21.0 Å². The van der Waals surface area contributed by atoms with Gasteiger partial charge in [0.15, 0.2) is 11.6 Å². The highest BCUT2D eigenvalue weighted by Gasteiger charge is 2.07. The molecule has 6 heteroatoms. The van der Waals surface area contributed by atoms with E-state index in [2.05, 4.69) is 20.9 Å². The Morgan fingerprint density at radius 3 is 2.83 bits per heavy atom. The third-order valence-corrected chi connectivity index (χ3v) is 3.04. The van der Waals surface area contributed by atoms with Gasteiger partial charge in [0.25, 0.3) is 0 Å². The number of benzene rings is 1. The number of nitrogen functional groups attached to an aromatic ring is 1. The van der Waals surface area contributed by atoms with Gasteiger partial charge in [-0.2, -0.15) is 0 Å². The van der Waals surface area contributed by atoms with Gasteiger partial charge in [-0.3, -0.25) is 0 Å². The molecule has 2 N–H and O–H groups in total. The van der Waals surface area contributed by atoms with Crippen molar-refractivity contribution >= 4 is 33.3 Å². The maximum atomic E-state index is 13.5. The first kappa shape index (κ1) is 13.1. The van der Waals surface area contributed by atoms with Gasteiger partial charge in [-0.15, -0.1) is 0 Å². The molecule has 0 aliphatic carbocycles. The number of nitrogens with two attached hydrogens (primary N) is 1. The molecule has 94 valence electrons. The summed E-state index contributed by atoms with van der Waals surface area (Å²) in [5.74, 6) is 0.0252. The van der Waals surface area contributed by atoms with Gasteiger partial charge >= 0.3 is 0 Å². The lowest BCUT2D eigenvalue weighted by Crippen LogP contribution is -2.02. The van der Waals surface area contributed by atoms with E-state index in [1.54, 1.807) is 18.2 Å². The van der Waals surface area contributed by atoms with Crippen molar-refractivity contribution in [2.75, 3.05) is 5.73 Å². The van der Waals surface area contributed by atoms with Crippen LogP contribution in [0, 0.1) is 5.82 Å². The van der Waals surface area contributed by atoms with Crippen LogP contribution in [0.3, 0.4) is 0 Å². The minimum atomic E-state index is -0.454. The summed E-state index contributed by atoms with van der Waals surface area (Å²) in [4.78, 5) is 4.02. The number of hydrogen-bond donors (Lipinski definition) is 1. The Labute approximate surface area is 117 Å². The van der Waals surface area contributed by atoms with E-state index < -0.39 is 5.82 Å². The summed E-state index contributed by atoms with van der Waals surface area (Å²) >= 11 is 9.10. The van der Waals surface area contributed by atoms with E-state index in [1.807, 2.05) is 0 Å². The minimum absolute atomic E-state index is 0.0580. The second-order valence-corrected chi connectivity index (χ2v) is 4.85. The first-order chi connectivity index (χ1) is 8.56. The summed E-state index contributed by atoms with van der Waals surface area (Å²) in [7, 11) is 0. The molecule has 0 bridgehead atoms. The highest BCUT2D eigenvalue weighted by Crippen LogP contribution is 2.23. The van der Waals surface area contributed by atoms with Gasteiger partial charge in [0.1, 0.15) is 12.4 Å². The van der Waals surface area contributed by atoms with Crippen molar-refractivity contribution < 1.29 is 9.13 Å². The van der Waals surface area contributed by atoms with Crippen LogP contribution in [0.5, 0.6) is 5.75 Å². The number of ether oxygens (including phenoxy) is 1. The second kappa shape index (κ2) is 5.54. The average molecular weight is 332 g/mol. The summed E-state index contributed by atoms with van der Waals surface area (Å²) in [5.41, 5.74) is 6.01. The Bertz CT molecular complexity index is 580. The molecule has 1 aromatic carbocycles. The standard InChI is InChI=1S/C12H9BrClFN2O/c13-7-1-3-11(9(15)5-7)18-6-10-8(14)2-4-12(16)17-10/h1-5H,6H2,(H2,16,17). The van der Waals surface area contributed by atoms with Crippen LogP contribution in [0.15, 0.2) is 34.8 Å². The molecular formula is C12H9BrClFN2O. The Morgan fingerprint density at radius 1 is 1.33 bits per heavy atom. The number of rotatable bonds is 3. The molecule has 0 atom stereocenters. The molecule has 0 radical (unpaired) electrons. The molecule has 0 unspecified atom stereocenters. The number of anilines is 1. The highest BCUT2D eigenvalue weighted by atomic mass is 79.9. The Morgan fingerprint density at radius 2 is 2.11 bits per heavy atom. The number of nitrogens with zero attached hydrogens (tertiary/aromatic N) is 1. The van der Waals surface area contributed by atoms with E-state index in [-0.39, 0.29) is 12.4 Å². The smallest absolute Gasteiger partial charge is 0.166 e. The number of hydrogen-bond acceptors (Lipinski definition) is 3. The van der Waals surface area contributed by atoms with Gasteiger partial charge in [-0.25, -0.2) is 9.37 Å². The topological polar surface area (TPSA) is 48.1 Å². The van der Waals surface area contributed by atoms with Gasteiger partial charge in [-0.1, -0.05) is 27.5 Å². The fourth-order valence-electron chi connectivity index (χ4n) is 1.34. The van der Waals surface area contributed by atoms with Crippen molar-refractivity contribution in [3.05, 3.63) is 51.3 Å². The third kappa shape index (κ3) is 3.11. The van der Waals surface area contributed by atoms with Crippen molar-refractivity contribution in [2.45, 2.75) is 6.61 Å². The van der Waals surface area contributed by atoms with Crippen LogP contribution in [0.2, 0.25) is 5.02 Å². The Kier molecular flexibility index (Phi) is 4.04. The van der Waals surface area contributed by atoms with Crippen LogP contribution in [0.4, 0.5) is 10.2 Å². The summed E-state index contributed by atoms with van der Waals surface area (Å²) in [6, 6.07) is 7.75. The van der Waals surface area contributed by atoms with Crippen molar-refractivity contribution in [2.24, 2.45) is 0 Å². The molecule has 0 saturated carbocycles. The molecule has 1 aromatic heterocycles. The monoisotopic (exact) mass is 330 g/mol. The highest BCUT2D eigenvalue weighted by molar-refractivity contribution is 9.10. The molecule has 1 heterocycles. The van der Waals surface area contributed by atoms with Crippen molar-refractivity contribution in [3.63, 3.8) is 0 Å². The van der Waals surface area contributed by atoms with Crippen LogP contribution < -0.4 is 10.5 Å². The summed E-state index contributed by atoms with van der Waals surface area (Å²) in [6.07, 6.45) is 0. The SMILES string of the molecule is Nc1ccc(Cl)c(COc2ccc(Br)cc2F)n1. The molecule has 0 saturated heterocycles. The molecule has 0 aliphatic rings. The molecular weight excluding hydrogens is 322 g/mol. The van der Waals surface area contributed by atoms with E-state index in [0.717, 1.165) is 0 Å². The van der Waals surface area contributed by atoms with Crippen LogP contribution in [0.25, 0.3) is 0 Å². The van der Waals surface area contributed by atoms with E-state index in [1.165, 1.54) is 12.1 Å². The van der Waals surface area contributed by atoms with Gasteiger partial charge in [0.2, 0.25) is 0 Å². The molecule has 3 nitrogen and oxygen atoms in total. The van der Waals surface area contributed by atoms with E-state index in [4.69, 9.17) is 22.1 Å². The molecule has 0 spiro atoms. The van der Waals surface area contributed by atoms with E-state index >= 15 is 0 Å². The molecule has 0 aliphatic heterocycles. The lowest BCUT2D eigenvalue weighted by atomic mass is 10.3. The molecule has 2 aromatic rings. The Hall–Kier alpha value is -1.33. The van der Waals surface area contributed by atoms with Crippen molar-refractivity contribution in [1.82, 2.24) is 4.98 Å². The predicted octanol–water partition coefficient (Wildman–Crippen LogP) is 3.80. The zero-order chi connectivity index (χ0) is 13.1. The summed E-state index contributed by atoms with van der Waals surface area (Å²) < 4.78 is 19.5. The zero-order valence-corrected chi connectivity index (χ0v) is 11.5. The molecule has 0 fully saturated rings. The van der Waals surface area contributed by atoms with Crippen LogP contribution in [-0.4, -0.2) is 4.98 Å². The van der Waals surface area contributed by atoms with Crippen molar-refractivity contribution in [3.8, 4) is 5.75 Å². The molecule has 18 heavy (non-hydrogen) atoms. The second-order valence-electron chi connectivity index (χ2n) is 3.53. The largest absolute Gasteiger partial charge is 0.484 e. The average Bonchev–Trinajstić information content (AvgIpc) is 2.32. The first-order valence-corrected chi connectivity index (χ1v) is 6.22. The maximum Gasteiger partial charge on any atom is 0.166 e. The van der Waals surface area contributed by atoms with E-state index in [9.17, 15) is 4.39 Å². The van der Waals surface area contributed by atoms with Gasteiger partial charge in [-0.05, 0) is 30.3 Å². The van der Waals surface area contributed by atoms with Crippen molar-refractivity contribution in [1.29, 1.82) is 0 Å². The molecule has 2 rings (SSSR count). The van der Waals surface area contributed by atoms with Crippen LogP contribution in [-0.2, 0) is 6.61 Å². The predicted molar refractivity (Wildman–Crippen MR) is 72.1 cm³/mol. The fourth-order valence-corrected chi connectivity index (χ4v) is 1.83. The first-order valence-electron chi connectivity index (χ1n) is 5.05. The summed E-state index contributed by atoms with van der Waals surface area (Å²) in [5, 5.41) is 0.432.